The van der Waals surface area contributed by atoms with Gasteiger partial charge in [0, 0.05) is 6.54 Å². The Kier molecular flexibility index (Phi) is 13.4. The first-order valence-corrected chi connectivity index (χ1v) is 11.1. The lowest BCUT2D eigenvalue weighted by atomic mass is 10.3. The normalized spacial score (nSPS) is 11.8. The number of hydrogen-bond acceptors (Lipinski definition) is 1. The molecule has 0 bridgehead atoms. The molecule has 116 valence electrons. The molecule has 0 saturated carbocycles. The molecule has 0 N–H and O–H groups in total. The third-order valence-electron chi connectivity index (χ3n) is 3.95. The molecule has 0 spiro atoms. The average molecular weight is 287 g/mol. The molecule has 0 heterocycles. The van der Waals surface area contributed by atoms with Crippen molar-refractivity contribution in [2.75, 3.05) is 25.0 Å². The zero-order valence-electron chi connectivity index (χ0n) is 14.1. The lowest BCUT2D eigenvalue weighted by Crippen LogP contribution is -2.02. The second-order valence-corrected chi connectivity index (χ2v) is 9.71. The smallest absolute Gasteiger partial charge is 0.0374 e. The highest BCUT2D eigenvalue weighted by Crippen LogP contribution is 2.52. The van der Waals surface area contributed by atoms with Crippen molar-refractivity contribution in [3.8, 4) is 0 Å². The van der Waals surface area contributed by atoms with Gasteiger partial charge in [-0.1, -0.05) is 59.8 Å². The predicted molar refractivity (Wildman–Crippen MR) is 93.1 cm³/mol. The predicted octanol–water partition coefficient (Wildman–Crippen LogP) is 6.78. The third kappa shape index (κ3) is 9.72. The van der Waals surface area contributed by atoms with E-state index >= 15 is 0 Å². The molecule has 0 aromatic rings. The molecule has 0 aliphatic carbocycles. The van der Waals surface area contributed by atoms with E-state index in [0.29, 0.717) is 0 Å². The monoisotopic (exact) mass is 287 g/mol. The minimum Gasteiger partial charge on any atom is -0.303 e. The Morgan fingerprint density at radius 1 is 0.579 bits per heavy atom. The summed E-state index contributed by atoms with van der Waals surface area (Å²) in [5, 5.41) is 0. The van der Waals surface area contributed by atoms with Gasteiger partial charge in [-0.25, -0.2) is 0 Å². The molecule has 0 rings (SSSR count). The number of unbranched alkanes of at least 4 members (excludes halogenated alkanes) is 5. The summed E-state index contributed by atoms with van der Waals surface area (Å²) in [6.45, 7) is 10.4. The summed E-state index contributed by atoms with van der Waals surface area (Å²) >= 11 is 0. The second-order valence-electron chi connectivity index (χ2n) is 5.90. The maximum atomic E-state index is 5.32. The van der Waals surface area contributed by atoms with E-state index in [-0.39, 0.29) is 0 Å². The molecule has 0 fully saturated rings. The molecule has 19 heavy (non-hydrogen) atoms. The molecule has 0 aromatic heterocycles. The summed E-state index contributed by atoms with van der Waals surface area (Å²) in [6.07, 6.45) is 16.5. The molecule has 0 aliphatic heterocycles. The fourth-order valence-electron chi connectivity index (χ4n) is 2.55. The molecular weight excluding hydrogens is 249 g/mol. The summed E-state index contributed by atoms with van der Waals surface area (Å²) in [6, 6.07) is 0. The van der Waals surface area contributed by atoms with E-state index in [1.807, 2.05) is 0 Å². The van der Waals surface area contributed by atoms with Crippen LogP contribution < -0.4 is 0 Å². The van der Waals surface area contributed by atoms with Gasteiger partial charge in [-0.2, -0.15) is 0 Å². The van der Waals surface area contributed by atoms with Gasteiger partial charge in [0.15, 0.2) is 0 Å². The first-order chi connectivity index (χ1) is 9.24. The van der Waals surface area contributed by atoms with Crippen molar-refractivity contribution in [1.29, 1.82) is 0 Å². The number of nitrogens with zero attached hydrogens (tertiary/aromatic N) is 1. The van der Waals surface area contributed by atoms with Crippen LogP contribution in [0.2, 0.25) is 0 Å². The van der Waals surface area contributed by atoms with Crippen LogP contribution in [-0.2, 0) is 0 Å². The van der Waals surface area contributed by atoms with Crippen molar-refractivity contribution in [2.45, 2.75) is 85.5 Å². The van der Waals surface area contributed by atoms with Gasteiger partial charge in [0.05, 0.1) is 0 Å². The van der Waals surface area contributed by atoms with Gasteiger partial charge >= 0.3 is 0 Å². The lowest BCUT2D eigenvalue weighted by molar-refractivity contribution is 0.728. The van der Waals surface area contributed by atoms with Crippen LogP contribution in [0.3, 0.4) is 0 Å². The van der Waals surface area contributed by atoms with E-state index in [4.69, 9.17) is 4.74 Å². The number of hydrogen-bond donors (Lipinski definition) is 0. The SMILES string of the molecule is CCCCCN=P(CCCC)(CCCC)CCCC. The maximum Gasteiger partial charge on any atom is 0.0374 e. The minimum absolute atomic E-state index is 0.961. The van der Waals surface area contributed by atoms with Crippen molar-refractivity contribution >= 4 is 7.05 Å². The summed E-state index contributed by atoms with van der Waals surface area (Å²) in [5.74, 6) is 0. The second kappa shape index (κ2) is 13.2. The maximum absolute atomic E-state index is 5.32. The zero-order valence-corrected chi connectivity index (χ0v) is 15.0. The molecule has 2 heteroatoms. The van der Waals surface area contributed by atoms with E-state index in [1.54, 1.807) is 0 Å². The topological polar surface area (TPSA) is 12.4 Å². The Labute approximate surface area is 123 Å². The van der Waals surface area contributed by atoms with Crippen LogP contribution in [-0.4, -0.2) is 25.0 Å². The molecule has 0 amide bonds. The molecule has 0 aliphatic rings. The van der Waals surface area contributed by atoms with Crippen molar-refractivity contribution in [3.05, 3.63) is 0 Å². The zero-order chi connectivity index (χ0) is 14.4. The molecule has 0 aromatic carbocycles. The summed E-state index contributed by atoms with van der Waals surface area (Å²) in [5.41, 5.74) is 0. The van der Waals surface area contributed by atoms with Crippen molar-refractivity contribution in [3.63, 3.8) is 0 Å². The Bertz CT molecular complexity index is 207. The van der Waals surface area contributed by atoms with Gasteiger partial charge in [0.25, 0.3) is 0 Å². The van der Waals surface area contributed by atoms with E-state index in [2.05, 4.69) is 27.7 Å². The van der Waals surface area contributed by atoms with Crippen LogP contribution in [0.4, 0.5) is 0 Å². The summed E-state index contributed by atoms with van der Waals surface area (Å²) in [4.78, 5) is 0. The van der Waals surface area contributed by atoms with E-state index < -0.39 is 7.05 Å². The summed E-state index contributed by atoms with van der Waals surface area (Å²) in [7, 11) is -0.961. The van der Waals surface area contributed by atoms with Crippen LogP contribution in [0.15, 0.2) is 4.74 Å². The van der Waals surface area contributed by atoms with Crippen LogP contribution >= 0.6 is 7.05 Å². The van der Waals surface area contributed by atoms with Crippen molar-refractivity contribution in [2.24, 2.45) is 4.74 Å². The molecule has 0 unspecified atom stereocenters. The van der Waals surface area contributed by atoms with Gasteiger partial charge in [-0.3, -0.25) is 0 Å². The van der Waals surface area contributed by atoms with Gasteiger partial charge in [0.2, 0.25) is 0 Å². The minimum atomic E-state index is -0.961. The summed E-state index contributed by atoms with van der Waals surface area (Å²) < 4.78 is 5.32. The molecule has 0 saturated heterocycles. The third-order valence-corrected chi connectivity index (χ3v) is 8.19. The highest BCUT2D eigenvalue weighted by Gasteiger charge is 2.17. The molecular formula is C17H38NP. The quantitative estimate of drug-likeness (QED) is 0.261. The molecule has 1 nitrogen and oxygen atoms in total. The molecule has 0 atom stereocenters. The van der Waals surface area contributed by atoms with E-state index in [0.717, 1.165) is 6.54 Å². The lowest BCUT2D eigenvalue weighted by Gasteiger charge is -2.25. The van der Waals surface area contributed by atoms with Crippen LogP contribution in [0, 0.1) is 0 Å². The Morgan fingerprint density at radius 3 is 1.37 bits per heavy atom. The van der Waals surface area contributed by atoms with Crippen LogP contribution in [0.5, 0.6) is 0 Å². The standard InChI is InChI=1S/C17H38NP/c1-5-9-13-14-18-19(15-10-6-2,16-11-7-3)17-12-8-4/h5-17H2,1-4H3. The average Bonchev–Trinajstić information content (AvgIpc) is 2.44. The fourth-order valence-corrected chi connectivity index (χ4v) is 6.92. The first-order valence-electron chi connectivity index (χ1n) is 8.79. The van der Waals surface area contributed by atoms with Crippen LogP contribution in [0.25, 0.3) is 0 Å². The van der Waals surface area contributed by atoms with E-state index in [9.17, 15) is 0 Å². The van der Waals surface area contributed by atoms with Crippen molar-refractivity contribution in [1.82, 2.24) is 0 Å². The van der Waals surface area contributed by atoms with Crippen LogP contribution in [0.1, 0.15) is 85.5 Å². The largest absolute Gasteiger partial charge is 0.303 e. The van der Waals surface area contributed by atoms with Gasteiger partial charge in [-0.15, -0.1) is 0 Å². The highest BCUT2D eigenvalue weighted by molar-refractivity contribution is 7.66. The highest BCUT2D eigenvalue weighted by atomic mass is 31.2. The van der Waals surface area contributed by atoms with Gasteiger partial charge in [0.1, 0.15) is 0 Å². The first kappa shape index (κ1) is 19.2. The Balaban J connectivity index is 4.65. The van der Waals surface area contributed by atoms with Gasteiger partial charge in [-0.05, 0) is 51.2 Å². The van der Waals surface area contributed by atoms with Gasteiger partial charge < -0.3 is 4.74 Å². The molecule has 0 radical (unpaired) electrons. The fraction of sp³-hybridized carbons (Fsp3) is 1.00. The Morgan fingerprint density at radius 2 is 1.00 bits per heavy atom. The number of rotatable bonds is 13. The Hall–Kier alpha value is 0.230. The van der Waals surface area contributed by atoms with Crippen molar-refractivity contribution < 1.29 is 0 Å². The van der Waals surface area contributed by atoms with E-state index in [1.165, 1.54) is 76.3 Å².